The van der Waals surface area contributed by atoms with E-state index in [1.807, 2.05) is 17.4 Å². The average molecular weight is 314 g/mol. The first-order valence-electron chi connectivity index (χ1n) is 6.78. The van der Waals surface area contributed by atoms with Crippen molar-refractivity contribution in [2.24, 2.45) is 0 Å². The van der Waals surface area contributed by atoms with Crippen LogP contribution < -0.4 is 5.32 Å². The zero-order chi connectivity index (χ0) is 13.7. The molecule has 0 aliphatic carbocycles. The molecule has 2 heterocycles. The molecule has 1 nitrogen and oxygen atoms in total. The summed E-state index contributed by atoms with van der Waals surface area (Å²) in [7, 11) is 0. The van der Waals surface area contributed by atoms with Gasteiger partial charge < -0.3 is 5.32 Å². The predicted molar refractivity (Wildman–Crippen MR) is 87.8 cm³/mol. The highest BCUT2D eigenvalue weighted by molar-refractivity contribution is 7.16. The normalized spacial score (nSPS) is 12.8. The molecule has 1 unspecified atom stereocenters. The highest BCUT2D eigenvalue weighted by Crippen LogP contribution is 2.31. The van der Waals surface area contributed by atoms with Crippen LogP contribution in [0.15, 0.2) is 23.6 Å². The summed E-state index contributed by atoms with van der Waals surface area (Å²) >= 11 is 9.59. The van der Waals surface area contributed by atoms with Gasteiger partial charge in [0.1, 0.15) is 0 Å². The van der Waals surface area contributed by atoms with Crippen LogP contribution in [0.5, 0.6) is 0 Å². The predicted octanol–water partition coefficient (Wildman–Crippen LogP) is 5.31. The molecule has 0 amide bonds. The van der Waals surface area contributed by atoms with Crippen molar-refractivity contribution in [1.82, 2.24) is 5.32 Å². The van der Waals surface area contributed by atoms with E-state index in [2.05, 4.69) is 36.7 Å². The van der Waals surface area contributed by atoms with E-state index >= 15 is 0 Å². The number of nitrogens with one attached hydrogen (secondary N) is 1. The Hall–Kier alpha value is -0.350. The number of aryl methyl sites for hydroxylation is 1. The third-order valence-corrected chi connectivity index (χ3v) is 5.48. The Morgan fingerprint density at radius 1 is 1.26 bits per heavy atom. The minimum Gasteiger partial charge on any atom is -0.309 e. The summed E-state index contributed by atoms with van der Waals surface area (Å²) in [6.07, 6.45) is 3.30. The van der Waals surface area contributed by atoms with Crippen molar-refractivity contribution in [3.05, 3.63) is 43.2 Å². The smallest absolute Gasteiger partial charge is 0.0931 e. The topological polar surface area (TPSA) is 12.0 Å². The zero-order valence-corrected chi connectivity index (χ0v) is 13.8. The lowest BCUT2D eigenvalue weighted by Gasteiger charge is -2.18. The highest BCUT2D eigenvalue weighted by Gasteiger charge is 2.17. The fourth-order valence-corrected chi connectivity index (χ4v) is 4.39. The Morgan fingerprint density at radius 2 is 2.11 bits per heavy atom. The van der Waals surface area contributed by atoms with E-state index in [-0.39, 0.29) is 0 Å². The highest BCUT2D eigenvalue weighted by atomic mass is 35.5. The van der Waals surface area contributed by atoms with E-state index < -0.39 is 0 Å². The third kappa shape index (κ3) is 4.06. The van der Waals surface area contributed by atoms with Crippen molar-refractivity contribution < 1.29 is 0 Å². The molecule has 0 aliphatic heterocycles. The molecule has 2 aromatic rings. The van der Waals surface area contributed by atoms with Crippen molar-refractivity contribution in [2.75, 3.05) is 6.54 Å². The lowest BCUT2D eigenvalue weighted by Crippen LogP contribution is -2.23. The molecule has 0 aromatic carbocycles. The molecule has 19 heavy (non-hydrogen) atoms. The van der Waals surface area contributed by atoms with Crippen LogP contribution in [-0.2, 0) is 12.8 Å². The van der Waals surface area contributed by atoms with Crippen LogP contribution >= 0.6 is 34.3 Å². The number of rotatable bonds is 7. The van der Waals surface area contributed by atoms with Gasteiger partial charge in [-0.15, -0.1) is 22.7 Å². The van der Waals surface area contributed by atoms with Gasteiger partial charge in [-0.3, -0.25) is 0 Å². The number of halogens is 1. The summed E-state index contributed by atoms with van der Waals surface area (Å²) in [5.74, 6) is 0. The van der Waals surface area contributed by atoms with Crippen LogP contribution in [0.25, 0.3) is 0 Å². The Bertz CT molecular complexity index is 504. The molecule has 0 fully saturated rings. The Kier molecular flexibility index (Phi) is 5.89. The molecule has 1 atom stereocenters. The largest absolute Gasteiger partial charge is 0.309 e. The molecule has 2 rings (SSSR count). The van der Waals surface area contributed by atoms with E-state index in [0.29, 0.717) is 6.04 Å². The number of hydrogen-bond donors (Lipinski definition) is 1. The summed E-state index contributed by atoms with van der Waals surface area (Å²) in [5, 5.41) is 5.88. The van der Waals surface area contributed by atoms with E-state index in [4.69, 9.17) is 11.6 Å². The molecule has 0 aliphatic rings. The fraction of sp³-hybridized carbons (Fsp3) is 0.467. The van der Waals surface area contributed by atoms with Crippen molar-refractivity contribution in [2.45, 2.75) is 39.2 Å². The number of thiophene rings is 2. The standard InChI is InChI=1S/C15H20ClNS2/c1-3-8-17-13(10-12-5-6-14(16)19-12)15-11(4-2)7-9-18-15/h5-7,9,13,17H,3-4,8,10H2,1-2H3. The first-order valence-corrected chi connectivity index (χ1v) is 8.85. The van der Waals surface area contributed by atoms with Crippen LogP contribution in [0.2, 0.25) is 4.34 Å². The van der Waals surface area contributed by atoms with Gasteiger partial charge in [0.05, 0.1) is 4.34 Å². The van der Waals surface area contributed by atoms with Gasteiger partial charge in [0.2, 0.25) is 0 Å². The molecule has 0 spiro atoms. The maximum atomic E-state index is 6.03. The molecule has 0 bridgehead atoms. The van der Waals surface area contributed by atoms with Crippen molar-refractivity contribution in [3.63, 3.8) is 0 Å². The average Bonchev–Trinajstić information content (AvgIpc) is 3.03. The second-order valence-electron chi connectivity index (χ2n) is 4.58. The zero-order valence-electron chi connectivity index (χ0n) is 11.4. The SMILES string of the molecule is CCCNC(Cc1ccc(Cl)s1)c1sccc1CC. The summed E-state index contributed by atoms with van der Waals surface area (Å²) in [5.41, 5.74) is 1.47. The second-order valence-corrected chi connectivity index (χ2v) is 7.33. The molecule has 0 saturated heterocycles. The monoisotopic (exact) mass is 313 g/mol. The maximum Gasteiger partial charge on any atom is 0.0931 e. The molecule has 4 heteroatoms. The summed E-state index contributed by atoms with van der Waals surface area (Å²) in [6, 6.07) is 6.81. The molecule has 2 aromatic heterocycles. The summed E-state index contributed by atoms with van der Waals surface area (Å²) in [6.45, 7) is 5.50. The minimum absolute atomic E-state index is 0.421. The lowest BCUT2D eigenvalue weighted by molar-refractivity contribution is 0.536. The van der Waals surface area contributed by atoms with Crippen LogP contribution in [-0.4, -0.2) is 6.54 Å². The van der Waals surface area contributed by atoms with E-state index in [0.717, 1.165) is 30.1 Å². The first kappa shape index (κ1) is 15.0. The molecule has 0 radical (unpaired) electrons. The lowest BCUT2D eigenvalue weighted by atomic mass is 10.1. The van der Waals surface area contributed by atoms with Crippen molar-refractivity contribution in [1.29, 1.82) is 0 Å². The molecular formula is C15H20ClNS2. The Morgan fingerprint density at radius 3 is 2.74 bits per heavy atom. The second kappa shape index (κ2) is 7.44. The molecule has 0 saturated carbocycles. The molecule has 104 valence electrons. The summed E-state index contributed by atoms with van der Waals surface area (Å²) < 4.78 is 0.881. The molecular weight excluding hydrogens is 294 g/mol. The van der Waals surface area contributed by atoms with Gasteiger partial charge in [0.25, 0.3) is 0 Å². The van der Waals surface area contributed by atoms with E-state index in [1.54, 1.807) is 11.3 Å². The minimum atomic E-state index is 0.421. The maximum absolute atomic E-state index is 6.03. The van der Waals surface area contributed by atoms with Gasteiger partial charge in [-0.2, -0.15) is 0 Å². The van der Waals surface area contributed by atoms with Gasteiger partial charge in [0, 0.05) is 22.2 Å². The van der Waals surface area contributed by atoms with E-state index in [9.17, 15) is 0 Å². The van der Waals surface area contributed by atoms with Gasteiger partial charge in [-0.25, -0.2) is 0 Å². The third-order valence-electron chi connectivity index (χ3n) is 3.15. The van der Waals surface area contributed by atoms with Crippen molar-refractivity contribution in [3.8, 4) is 0 Å². The molecule has 1 N–H and O–H groups in total. The van der Waals surface area contributed by atoms with Gasteiger partial charge >= 0.3 is 0 Å². The van der Waals surface area contributed by atoms with Crippen LogP contribution in [0.3, 0.4) is 0 Å². The van der Waals surface area contributed by atoms with Crippen LogP contribution in [0.1, 0.15) is 41.6 Å². The Labute approximate surface area is 128 Å². The fourth-order valence-electron chi connectivity index (χ4n) is 2.18. The van der Waals surface area contributed by atoms with Crippen LogP contribution in [0, 0.1) is 0 Å². The number of hydrogen-bond acceptors (Lipinski definition) is 3. The van der Waals surface area contributed by atoms with Gasteiger partial charge in [-0.1, -0.05) is 25.4 Å². The first-order chi connectivity index (χ1) is 9.24. The van der Waals surface area contributed by atoms with Crippen LogP contribution in [0.4, 0.5) is 0 Å². The Balaban J connectivity index is 2.15. The summed E-state index contributed by atoms with van der Waals surface area (Å²) in [4.78, 5) is 2.84. The van der Waals surface area contributed by atoms with E-state index in [1.165, 1.54) is 15.3 Å². The van der Waals surface area contributed by atoms with Gasteiger partial charge in [-0.05, 0) is 48.5 Å². The quantitative estimate of drug-likeness (QED) is 0.730. The van der Waals surface area contributed by atoms with Gasteiger partial charge in [0.15, 0.2) is 0 Å². The van der Waals surface area contributed by atoms with Crippen molar-refractivity contribution >= 4 is 34.3 Å².